The van der Waals surface area contributed by atoms with Crippen LogP contribution >= 0.6 is 0 Å². The minimum atomic E-state index is -0.228. The molecule has 2 fully saturated rings. The van der Waals surface area contributed by atoms with Crippen LogP contribution in [0.4, 0.5) is 0 Å². The summed E-state index contributed by atoms with van der Waals surface area (Å²) in [5, 5.41) is 0. The third-order valence-corrected chi connectivity index (χ3v) is 6.99. The van der Waals surface area contributed by atoms with Crippen LogP contribution in [0.15, 0.2) is 73.1 Å². The summed E-state index contributed by atoms with van der Waals surface area (Å²) in [7, 11) is 0. The number of nitrogens with zero attached hydrogens (tertiary/aromatic N) is 4. The van der Waals surface area contributed by atoms with E-state index in [1.807, 2.05) is 35.5 Å². The van der Waals surface area contributed by atoms with Crippen LogP contribution in [0.2, 0.25) is 0 Å². The summed E-state index contributed by atoms with van der Waals surface area (Å²) in [6.07, 6.45) is 6.82. The van der Waals surface area contributed by atoms with Crippen molar-refractivity contribution in [3.8, 4) is 0 Å². The van der Waals surface area contributed by atoms with Gasteiger partial charge in [-0.1, -0.05) is 60.7 Å². The van der Waals surface area contributed by atoms with Gasteiger partial charge in [-0.2, -0.15) is 0 Å². The number of ether oxygens (including phenoxy) is 1. The Labute approximate surface area is 195 Å². The molecule has 2 saturated heterocycles. The van der Waals surface area contributed by atoms with E-state index in [2.05, 4.69) is 56.9 Å². The Morgan fingerprint density at radius 2 is 1.61 bits per heavy atom. The molecule has 172 valence electrons. The van der Waals surface area contributed by atoms with Crippen molar-refractivity contribution >= 4 is 5.91 Å². The first-order valence-corrected chi connectivity index (χ1v) is 11.9. The van der Waals surface area contributed by atoms with Crippen LogP contribution in [0.5, 0.6) is 0 Å². The van der Waals surface area contributed by atoms with E-state index in [-0.39, 0.29) is 18.1 Å². The molecule has 1 aromatic heterocycles. The lowest BCUT2D eigenvalue weighted by atomic mass is 9.89. The highest BCUT2D eigenvalue weighted by molar-refractivity contribution is 5.78. The van der Waals surface area contributed by atoms with Crippen molar-refractivity contribution in [1.82, 2.24) is 19.4 Å². The summed E-state index contributed by atoms with van der Waals surface area (Å²) in [6, 6.07) is 21.0. The number of benzene rings is 2. The van der Waals surface area contributed by atoms with Gasteiger partial charge in [-0.25, -0.2) is 4.98 Å². The maximum atomic E-state index is 12.7. The van der Waals surface area contributed by atoms with Gasteiger partial charge in [0.15, 0.2) is 0 Å². The first kappa shape index (κ1) is 21.9. The molecule has 2 aliphatic rings. The van der Waals surface area contributed by atoms with E-state index in [0.29, 0.717) is 13.1 Å². The fourth-order valence-corrected chi connectivity index (χ4v) is 4.94. The van der Waals surface area contributed by atoms with E-state index < -0.39 is 0 Å². The van der Waals surface area contributed by atoms with Gasteiger partial charge in [0.25, 0.3) is 0 Å². The molecule has 2 aromatic carbocycles. The zero-order valence-electron chi connectivity index (χ0n) is 19.1. The number of carbonyl (C=O) groups is 1. The van der Waals surface area contributed by atoms with Crippen LogP contribution in [0.1, 0.15) is 29.8 Å². The van der Waals surface area contributed by atoms with Crippen LogP contribution in [-0.4, -0.2) is 63.6 Å². The Morgan fingerprint density at radius 1 is 0.909 bits per heavy atom. The molecule has 0 unspecified atom stereocenters. The maximum Gasteiger partial charge on any atom is 0.249 e. The zero-order valence-corrected chi connectivity index (χ0v) is 19.1. The molecular weight excluding hydrogens is 412 g/mol. The van der Waals surface area contributed by atoms with Crippen molar-refractivity contribution in [2.45, 2.75) is 38.0 Å². The molecule has 1 spiro atoms. The highest BCUT2D eigenvalue weighted by Gasteiger charge is 2.42. The summed E-state index contributed by atoms with van der Waals surface area (Å²) in [5.74, 6) is 0.978. The van der Waals surface area contributed by atoms with Crippen molar-refractivity contribution in [3.05, 3.63) is 90.0 Å². The molecule has 6 nitrogen and oxygen atoms in total. The standard InChI is InChI=1S/C27H32N4O2/c32-26-21-33-27(12-16-29(17-13-27)15-11-23-7-3-1-4-8-23)22-31(26)20-25-28-14-18-30(25)19-24-9-5-2-6-10-24/h1-10,14,18H,11-13,15-17,19-22H2. The number of hydrogen-bond acceptors (Lipinski definition) is 4. The summed E-state index contributed by atoms with van der Waals surface area (Å²) >= 11 is 0. The third-order valence-electron chi connectivity index (χ3n) is 6.99. The molecule has 0 saturated carbocycles. The van der Waals surface area contributed by atoms with E-state index in [9.17, 15) is 4.79 Å². The third kappa shape index (κ3) is 5.34. The van der Waals surface area contributed by atoms with Gasteiger partial charge < -0.3 is 19.1 Å². The minimum absolute atomic E-state index is 0.0568. The van der Waals surface area contributed by atoms with E-state index in [1.54, 1.807) is 0 Å². The van der Waals surface area contributed by atoms with Crippen molar-refractivity contribution in [2.24, 2.45) is 0 Å². The van der Waals surface area contributed by atoms with Crippen molar-refractivity contribution in [2.75, 3.05) is 32.8 Å². The molecule has 3 aromatic rings. The van der Waals surface area contributed by atoms with Crippen molar-refractivity contribution < 1.29 is 9.53 Å². The van der Waals surface area contributed by atoms with E-state index in [1.165, 1.54) is 11.1 Å². The summed E-state index contributed by atoms with van der Waals surface area (Å²) < 4.78 is 8.30. The molecule has 33 heavy (non-hydrogen) atoms. The van der Waals surface area contributed by atoms with Gasteiger partial charge in [0.1, 0.15) is 12.4 Å². The number of carbonyl (C=O) groups excluding carboxylic acids is 1. The number of likely N-dealkylation sites (tertiary alicyclic amines) is 1. The van der Waals surface area contributed by atoms with Crippen LogP contribution in [0, 0.1) is 0 Å². The Kier molecular flexibility index (Phi) is 6.55. The number of amides is 1. The predicted molar refractivity (Wildman–Crippen MR) is 128 cm³/mol. The minimum Gasteiger partial charge on any atom is -0.363 e. The van der Waals surface area contributed by atoms with Gasteiger partial charge in [0, 0.05) is 38.6 Å². The van der Waals surface area contributed by atoms with Crippen LogP contribution in [0.3, 0.4) is 0 Å². The second-order valence-electron chi connectivity index (χ2n) is 9.26. The number of piperidine rings is 1. The molecule has 3 heterocycles. The van der Waals surface area contributed by atoms with E-state index in [4.69, 9.17) is 4.74 Å². The fourth-order valence-electron chi connectivity index (χ4n) is 4.94. The van der Waals surface area contributed by atoms with Gasteiger partial charge in [-0.05, 0) is 30.4 Å². The van der Waals surface area contributed by atoms with Crippen LogP contribution in [0.25, 0.3) is 0 Å². The molecule has 0 atom stereocenters. The Hall–Kier alpha value is -2.96. The molecule has 1 amide bonds. The first-order chi connectivity index (χ1) is 16.2. The van der Waals surface area contributed by atoms with Crippen molar-refractivity contribution in [3.63, 3.8) is 0 Å². The number of imidazole rings is 1. The smallest absolute Gasteiger partial charge is 0.249 e. The average Bonchev–Trinajstić information content (AvgIpc) is 3.29. The molecule has 2 aliphatic heterocycles. The molecule has 0 radical (unpaired) electrons. The SMILES string of the molecule is O=C1COC2(CCN(CCc3ccccc3)CC2)CN1Cc1nccn1Cc1ccccc1. The Bertz CT molecular complexity index is 1040. The van der Waals surface area contributed by atoms with Crippen molar-refractivity contribution in [1.29, 1.82) is 0 Å². The van der Waals surface area contributed by atoms with Gasteiger partial charge >= 0.3 is 0 Å². The number of rotatable bonds is 7. The monoisotopic (exact) mass is 444 g/mol. The van der Waals surface area contributed by atoms with Crippen LogP contribution in [-0.2, 0) is 29.0 Å². The average molecular weight is 445 g/mol. The van der Waals surface area contributed by atoms with E-state index >= 15 is 0 Å². The Morgan fingerprint density at radius 3 is 2.33 bits per heavy atom. The van der Waals surface area contributed by atoms with Gasteiger partial charge in [0.2, 0.25) is 5.91 Å². The predicted octanol–water partition coefficient (Wildman–Crippen LogP) is 3.37. The lowest BCUT2D eigenvalue weighted by Gasteiger charge is -2.47. The molecule has 5 rings (SSSR count). The maximum absolute atomic E-state index is 12.7. The van der Waals surface area contributed by atoms with Crippen LogP contribution < -0.4 is 0 Å². The largest absolute Gasteiger partial charge is 0.363 e. The first-order valence-electron chi connectivity index (χ1n) is 11.9. The molecule has 0 bridgehead atoms. The Balaban J connectivity index is 1.18. The summed E-state index contributed by atoms with van der Waals surface area (Å²) in [5.41, 5.74) is 2.38. The highest BCUT2D eigenvalue weighted by atomic mass is 16.5. The summed E-state index contributed by atoms with van der Waals surface area (Å²) in [4.78, 5) is 21.7. The van der Waals surface area contributed by atoms with Gasteiger partial charge in [-0.15, -0.1) is 0 Å². The molecular formula is C27H32N4O2. The molecule has 6 heteroatoms. The second kappa shape index (κ2) is 9.89. The number of hydrogen-bond donors (Lipinski definition) is 0. The number of morpholine rings is 1. The van der Waals surface area contributed by atoms with Gasteiger partial charge in [0.05, 0.1) is 18.7 Å². The number of aromatic nitrogens is 2. The highest BCUT2D eigenvalue weighted by Crippen LogP contribution is 2.31. The molecule has 0 aliphatic carbocycles. The quantitative estimate of drug-likeness (QED) is 0.561. The molecule has 0 N–H and O–H groups in total. The second-order valence-corrected chi connectivity index (χ2v) is 9.26. The topological polar surface area (TPSA) is 50.6 Å². The lowest BCUT2D eigenvalue weighted by Crippen LogP contribution is -2.58. The van der Waals surface area contributed by atoms with E-state index in [0.717, 1.165) is 51.3 Å². The summed E-state index contributed by atoms with van der Waals surface area (Å²) in [6.45, 7) is 5.20. The lowest BCUT2D eigenvalue weighted by molar-refractivity contribution is -0.172. The normalized spacial score (nSPS) is 18.7. The zero-order chi connectivity index (χ0) is 22.5. The van der Waals surface area contributed by atoms with Gasteiger partial charge in [-0.3, -0.25) is 4.79 Å². The fraction of sp³-hybridized carbons (Fsp3) is 0.407.